The second-order valence-corrected chi connectivity index (χ2v) is 6.30. The van der Waals surface area contributed by atoms with Crippen LogP contribution in [0.4, 0.5) is 18.0 Å². The Kier molecular flexibility index (Phi) is 5.69. The van der Waals surface area contributed by atoms with Crippen molar-refractivity contribution < 1.29 is 23.1 Å². The molecular weight excluding hydrogens is 317 g/mol. The minimum atomic E-state index is -4.14. The molecule has 1 atom stereocenters. The van der Waals surface area contributed by atoms with Crippen LogP contribution in [0.3, 0.4) is 0 Å². The van der Waals surface area contributed by atoms with Crippen LogP contribution in [0.1, 0.15) is 37.4 Å². The Hall–Kier alpha value is -1.28. The molecule has 3 N–H and O–H groups in total. The van der Waals surface area contributed by atoms with Crippen LogP contribution in [0.15, 0.2) is 16.8 Å². The van der Waals surface area contributed by atoms with E-state index in [-0.39, 0.29) is 25.4 Å². The third-order valence-corrected chi connectivity index (χ3v) is 4.61. The van der Waals surface area contributed by atoms with Gasteiger partial charge in [-0.05, 0) is 48.1 Å². The van der Waals surface area contributed by atoms with Gasteiger partial charge in [-0.2, -0.15) is 24.5 Å². The normalized spacial score (nSPS) is 23.8. The van der Waals surface area contributed by atoms with E-state index < -0.39 is 24.2 Å². The van der Waals surface area contributed by atoms with Crippen LogP contribution in [0, 0.1) is 5.92 Å². The topological polar surface area (TPSA) is 61.4 Å². The molecule has 0 aromatic carbocycles. The van der Waals surface area contributed by atoms with Crippen LogP contribution in [0.2, 0.25) is 0 Å². The molecular formula is C14H19F3N2O2S. The lowest BCUT2D eigenvalue weighted by Crippen LogP contribution is -2.45. The second-order valence-electron chi connectivity index (χ2n) is 5.52. The standard InChI is InChI=1S/C14H19F3N2O2S/c15-14(16,17)10-1-3-11(4-2-10)19-13(21)18-7-12(20)9-5-6-22-8-9/h5-6,8,10-12,20H,1-4,7H2,(H2,18,19,21). The summed E-state index contributed by atoms with van der Waals surface area (Å²) >= 11 is 1.45. The van der Waals surface area contributed by atoms with Crippen molar-refractivity contribution in [2.75, 3.05) is 6.54 Å². The van der Waals surface area contributed by atoms with Crippen molar-refractivity contribution in [2.24, 2.45) is 5.92 Å². The Morgan fingerprint density at radius 1 is 1.36 bits per heavy atom. The van der Waals surface area contributed by atoms with E-state index in [9.17, 15) is 23.1 Å². The maximum Gasteiger partial charge on any atom is 0.391 e. The van der Waals surface area contributed by atoms with Crippen molar-refractivity contribution in [3.8, 4) is 0 Å². The third-order valence-electron chi connectivity index (χ3n) is 3.91. The summed E-state index contributed by atoms with van der Waals surface area (Å²) in [5.74, 6) is -1.26. The quantitative estimate of drug-likeness (QED) is 0.791. The van der Waals surface area contributed by atoms with Crippen LogP contribution in [-0.2, 0) is 0 Å². The van der Waals surface area contributed by atoms with Crippen molar-refractivity contribution in [3.05, 3.63) is 22.4 Å². The van der Waals surface area contributed by atoms with Crippen molar-refractivity contribution >= 4 is 17.4 Å². The highest BCUT2D eigenvalue weighted by molar-refractivity contribution is 7.07. The lowest BCUT2D eigenvalue weighted by Gasteiger charge is -2.30. The summed E-state index contributed by atoms with van der Waals surface area (Å²) in [6.07, 6.45) is -4.18. The predicted octanol–water partition coefficient (Wildman–Crippen LogP) is 3.20. The SMILES string of the molecule is O=C(NCC(O)c1ccsc1)NC1CCC(C(F)(F)F)CC1. The first-order valence-corrected chi connectivity index (χ1v) is 8.11. The number of carbonyl (C=O) groups is 1. The Balaban J connectivity index is 1.68. The van der Waals surface area contributed by atoms with Crippen molar-refractivity contribution in [1.29, 1.82) is 0 Å². The summed E-state index contributed by atoms with van der Waals surface area (Å²) in [4.78, 5) is 11.7. The molecule has 2 rings (SSSR count). The molecule has 0 bridgehead atoms. The summed E-state index contributed by atoms with van der Waals surface area (Å²) in [6.45, 7) is 0.0699. The molecule has 1 aromatic rings. The molecule has 8 heteroatoms. The largest absolute Gasteiger partial charge is 0.391 e. The molecule has 1 unspecified atom stereocenters. The molecule has 0 spiro atoms. The Morgan fingerprint density at radius 2 is 2.05 bits per heavy atom. The average Bonchev–Trinajstić information content (AvgIpc) is 2.98. The molecule has 124 valence electrons. The minimum Gasteiger partial charge on any atom is -0.387 e. The van der Waals surface area contributed by atoms with E-state index in [1.54, 1.807) is 11.4 Å². The molecule has 1 fully saturated rings. The molecule has 4 nitrogen and oxygen atoms in total. The van der Waals surface area contributed by atoms with E-state index in [4.69, 9.17) is 0 Å². The van der Waals surface area contributed by atoms with E-state index in [0.717, 1.165) is 5.56 Å². The van der Waals surface area contributed by atoms with E-state index in [2.05, 4.69) is 10.6 Å². The number of amides is 2. The number of rotatable bonds is 4. The zero-order chi connectivity index (χ0) is 16.2. The van der Waals surface area contributed by atoms with E-state index in [1.807, 2.05) is 5.38 Å². The van der Waals surface area contributed by atoms with Gasteiger partial charge in [-0.25, -0.2) is 4.79 Å². The number of thiophene rings is 1. The van der Waals surface area contributed by atoms with Crippen LogP contribution >= 0.6 is 11.3 Å². The maximum absolute atomic E-state index is 12.5. The summed E-state index contributed by atoms with van der Waals surface area (Å²) in [5, 5.41) is 18.7. The van der Waals surface area contributed by atoms with Crippen molar-refractivity contribution in [2.45, 2.75) is 44.0 Å². The zero-order valence-electron chi connectivity index (χ0n) is 11.9. The average molecular weight is 336 g/mol. The molecule has 1 saturated carbocycles. The number of hydrogen-bond acceptors (Lipinski definition) is 3. The highest BCUT2D eigenvalue weighted by Gasteiger charge is 2.41. The lowest BCUT2D eigenvalue weighted by atomic mass is 9.86. The minimum absolute atomic E-state index is 0.0476. The first-order valence-electron chi connectivity index (χ1n) is 7.17. The Morgan fingerprint density at radius 3 is 2.59 bits per heavy atom. The summed E-state index contributed by atoms with van der Waals surface area (Å²) in [7, 11) is 0. The maximum atomic E-state index is 12.5. The van der Waals surface area contributed by atoms with E-state index in [1.165, 1.54) is 11.3 Å². The lowest BCUT2D eigenvalue weighted by molar-refractivity contribution is -0.182. The Labute approximate surface area is 130 Å². The number of aliphatic hydroxyl groups is 1. The van der Waals surface area contributed by atoms with Gasteiger partial charge in [-0.3, -0.25) is 0 Å². The predicted molar refractivity (Wildman–Crippen MR) is 77.6 cm³/mol. The van der Waals surface area contributed by atoms with Crippen LogP contribution in [-0.4, -0.2) is 29.9 Å². The fraction of sp³-hybridized carbons (Fsp3) is 0.643. The molecule has 1 aromatic heterocycles. The second kappa shape index (κ2) is 7.32. The van der Waals surface area contributed by atoms with Gasteiger partial charge < -0.3 is 15.7 Å². The molecule has 0 aliphatic heterocycles. The number of carbonyl (C=O) groups excluding carboxylic acids is 1. The van der Waals surface area contributed by atoms with Crippen LogP contribution < -0.4 is 10.6 Å². The third kappa shape index (κ3) is 4.88. The van der Waals surface area contributed by atoms with Gasteiger partial charge in [0.05, 0.1) is 12.0 Å². The smallest absolute Gasteiger partial charge is 0.387 e. The van der Waals surface area contributed by atoms with Crippen molar-refractivity contribution in [1.82, 2.24) is 10.6 Å². The number of nitrogens with one attached hydrogen (secondary N) is 2. The summed E-state index contributed by atoms with van der Waals surface area (Å²) < 4.78 is 37.6. The molecule has 0 radical (unpaired) electrons. The zero-order valence-corrected chi connectivity index (χ0v) is 12.7. The first kappa shape index (κ1) is 17.1. The van der Waals surface area contributed by atoms with Gasteiger partial charge in [0.15, 0.2) is 0 Å². The summed E-state index contributed by atoms with van der Waals surface area (Å²) in [6, 6.07) is 1.08. The highest BCUT2D eigenvalue weighted by atomic mass is 32.1. The van der Waals surface area contributed by atoms with Gasteiger partial charge in [0, 0.05) is 12.6 Å². The number of urea groups is 1. The fourth-order valence-electron chi connectivity index (χ4n) is 2.57. The van der Waals surface area contributed by atoms with Crippen LogP contribution in [0.5, 0.6) is 0 Å². The molecule has 2 amide bonds. The Bertz CT molecular complexity index is 471. The van der Waals surface area contributed by atoms with Crippen molar-refractivity contribution in [3.63, 3.8) is 0 Å². The molecule has 0 saturated heterocycles. The fourth-order valence-corrected chi connectivity index (χ4v) is 3.28. The van der Waals surface area contributed by atoms with Gasteiger partial charge in [0.1, 0.15) is 0 Å². The first-order chi connectivity index (χ1) is 10.4. The molecule has 22 heavy (non-hydrogen) atoms. The number of alkyl halides is 3. The monoisotopic (exact) mass is 336 g/mol. The van der Waals surface area contributed by atoms with Gasteiger partial charge in [0.2, 0.25) is 0 Å². The van der Waals surface area contributed by atoms with Gasteiger partial charge >= 0.3 is 12.2 Å². The number of hydrogen-bond donors (Lipinski definition) is 3. The van der Waals surface area contributed by atoms with E-state index in [0.29, 0.717) is 12.8 Å². The number of halogens is 3. The van der Waals surface area contributed by atoms with E-state index >= 15 is 0 Å². The summed E-state index contributed by atoms with van der Waals surface area (Å²) in [5.41, 5.74) is 0.732. The van der Waals surface area contributed by atoms with Crippen LogP contribution in [0.25, 0.3) is 0 Å². The van der Waals surface area contributed by atoms with Gasteiger partial charge in [-0.15, -0.1) is 0 Å². The van der Waals surface area contributed by atoms with Gasteiger partial charge in [-0.1, -0.05) is 0 Å². The molecule has 1 aliphatic carbocycles. The number of aliphatic hydroxyl groups excluding tert-OH is 1. The molecule has 1 aliphatic rings. The molecule has 1 heterocycles. The highest BCUT2D eigenvalue weighted by Crippen LogP contribution is 2.37. The van der Waals surface area contributed by atoms with Gasteiger partial charge in [0.25, 0.3) is 0 Å².